The van der Waals surface area contributed by atoms with Crippen molar-refractivity contribution < 1.29 is 0 Å². The van der Waals surface area contributed by atoms with Gasteiger partial charge in [0.15, 0.2) is 0 Å². The number of pyridine rings is 1. The molecule has 14 heavy (non-hydrogen) atoms. The first kappa shape index (κ1) is 10.6. The highest BCUT2D eigenvalue weighted by atomic mass is 79.9. The highest BCUT2D eigenvalue weighted by molar-refractivity contribution is 9.13. The lowest BCUT2D eigenvalue weighted by atomic mass is 9.85. The minimum atomic E-state index is 0.737. The summed E-state index contributed by atoms with van der Waals surface area (Å²) < 4.78 is 1.97. The molecule has 0 spiro atoms. The molecule has 0 amide bonds. The van der Waals surface area contributed by atoms with Gasteiger partial charge < -0.3 is 0 Å². The molecule has 3 heteroatoms. The van der Waals surface area contributed by atoms with Crippen LogP contribution in [-0.2, 0) is 0 Å². The maximum Gasteiger partial charge on any atom is 0.120 e. The Morgan fingerprint density at radius 2 is 1.86 bits per heavy atom. The van der Waals surface area contributed by atoms with Gasteiger partial charge in [-0.1, -0.05) is 19.3 Å². The molecular weight excluding hydrogens is 306 g/mol. The largest absolute Gasteiger partial charge is 0.248 e. The van der Waals surface area contributed by atoms with E-state index in [1.54, 1.807) is 0 Å². The summed E-state index contributed by atoms with van der Waals surface area (Å²) in [5, 5.41) is 0. The number of nitrogens with zero attached hydrogens (tertiary/aromatic N) is 1. The second-order valence-corrected chi connectivity index (χ2v) is 5.48. The van der Waals surface area contributed by atoms with Gasteiger partial charge in [-0.15, -0.1) is 0 Å². The third kappa shape index (κ3) is 2.37. The Kier molecular flexibility index (Phi) is 3.61. The molecule has 0 radical (unpaired) electrons. The smallest absolute Gasteiger partial charge is 0.120 e. The van der Waals surface area contributed by atoms with Gasteiger partial charge in [0.25, 0.3) is 0 Å². The summed E-state index contributed by atoms with van der Waals surface area (Å²) in [6.07, 6.45) is 8.81. The van der Waals surface area contributed by atoms with E-state index >= 15 is 0 Å². The van der Waals surface area contributed by atoms with E-state index in [9.17, 15) is 0 Å². The topological polar surface area (TPSA) is 12.9 Å². The number of aromatic nitrogens is 1. The van der Waals surface area contributed by atoms with Gasteiger partial charge >= 0.3 is 0 Å². The van der Waals surface area contributed by atoms with Crippen LogP contribution in [0.25, 0.3) is 0 Å². The van der Waals surface area contributed by atoms with Gasteiger partial charge in [-0.3, -0.25) is 0 Å². The number of halogens is 2. The summed E-state index contributed by atoms with van der Waals surface area (Å²) in [6.45, 7) is 0. The summed E-state index contributed by atoms with van der Waals surface area (Å²) in [7, 11) is 0. The summed E-state index contributed by atoms with van der Waals surface area (Å²) in [5.41, 5.74) is 1.39. The van der Waals surface area contributed by atoms with E-state index in [-0.39, 0.29) is 0 Å². The zero-order valence-corrected chi connectivity index (χ0v) is 11.1. The van der Waals surface area contributed by atoms with Crippen molar-refractivity contribution in [1.29, 1.82) is 0 Å². The molecule has 1 heterocycles. The van der Waals surface area contributed by atoms with Gasteiger partial charge in [-0.05, 0) is 62.2 Å². The molecule has 1 aromatic rings. The van der Waals surface area contributed by atoms with E-state index in [1.165, 1.54) is 37.7 Å². The molecular formula is C11H13Br2N. The fourth-order valence-corrected chi connectivity index (χ4v) is 2.68. The Labute approximate surface area is 102 Å². The fourth-order valence-electron chi connectivity index (χ4n) is 2.10. The van der Waals surface area contributed by atoms with Gasteiger partial charge in [0.05, 0.1) is 4.47 Å². The van der Waals surface area contributed by atoms with Gasteiger partial charge in [-0.25, -0.2) is 4.98 Å². The second-order valence-electron chi connectivity index (χ2n) is 3.88. The predicted octanol–water partition coefficient (Wildman–Crippen LogP) is 4.65. The van der Waals surface area contributed by atoms with Crippen LogP contribution >= 0.6 is 31.9 Å². The number of hydrogen-bond acceptors (Lipinski definition) is 1. The van der Waals surface area contributed by atoms with Crippen molar-refractivity contribution in [1.82, 2.24) is 4.98 Å². The summed E-state index contributed by atoms with van der Waals surface area (Å²) in [4.78, 5) is 4.32. The molecule has 0 aliphatic heterocycles. The minimum Gasteiger partial charge on any atom is -0.248 e. The first-order valence-electron chi connectivity index (χ1n) is 5.08. The van der Waals surface area contributed by atoms with Gasteiger partial charge in [0.1, 0.15) is 4.60 Å². The molecule has 1 aliphatic carbocycles. The lowest BCUT2D eigenvalue weighted by Gasteiger charge is -2.21. The van der Waals surface area contributed by atoms with Crippen molar-refractivity contribution in [2.75, 3.05) is 0 Å². The lowest BCUT2D eigenvalue weighted by molar-refractivity contribution is 0.442. The van der Waals surface area contributed by atoms with E-state index in [0.717, 1.165) is 15.0 Å². The maximum absolute atomic E-state index is 4.32. The molecule has 1 aromatic heterocycles. The lowest BCUT2D eigenvalue weighted by Crippen LogP contribution is -2.04. The fraction of sp³-hybridized carbons (Fsp3) is 0.545. The van der Waals surface area contributed by atoms with Crippen LogP contribution in [0.4, 0.5) is 0 Å². The maximum atomic E-state index is 4.32. The highest BCUT2D eigenvalue weighted by Crippen LogP contribution is 2.34. The molecule has 76 valence electrons. The molecule has 1 fully saturated rings. The average Bonchev–Trinajstić information content (AvgIpc) is 2.23. The van der Waals surface area contributed by atoms with Crippen LogP contribution in [0, 0.1) is 0 Å². The summed E-state index contributed by atoms with van der Waals surface area (Å²) >= 11 is 6.90. The van der Waals surface area contributed by atoms with Crippen LogP contribution in [0.3, 0.4) is 0 Å². The number of hydrogen-bond donors (Lipinski definition) is 0. The molecule has 1 saturated carbocycles. The van der Waals surface area contributed by atoms with Gasteiger partial charge in [-0.2, -0.15) is 0 Å². The Morgan fingerprint density at radius 1 is 1.14 bits per heavy atom. The van der Waals surface area contributed by atoms with Crippen molar-refractivity contribution in [3.05, 3.63) is 26.9 Å². The third-order valence-electron chi connectivity index (χ3n) is 2.89. The van der Waals surface area contributed by atoms with Crippen molar-refractivity contribution in [3.8, 4) is 0 Å². The predicted molar refractivity (Wildman–Crippen MR) is 65.5 cm³/mol. The monoisotopic (exact) mass is 317 g/mol. The van der Waals surface area contributed by atoms with E-state index in [2.05, 4.69) is 42.9 Å². The van der Waals surface area contributed by atoms with Crippen LogP contribution in [0.15, 0.2) is 21.3 Å². The summed E-state index contributed by atoms with van der Waals surface area (Å²) in [5.74, 6) is 0.737. The van der Waals surface area contributed by atoms with Crippen LogP contribution in [0.5, 0.6) is 0 Å². The Balaban J connectivity index is 2.18. The first-order chi connectivity index (χ1) is 6.77. The second kappa shape index (κ2) is 4.75. The van der Waals surface area contributed by atoms with Crippen molar-refractivity contribution in [2.45, 2.75) is 38.0 Å². The van der Waals surface area contributed by atoms with Gasteiger partial charge in [0, 0.05) is 6.20 Å². The van der Waals surface area contributed by atoms with Crippen LogP contribution in [0.2, 0.25) is 0 Å². The standard InChI is InChI=1S/C11H13Br2N/c12-10-6-9(7-14-11(10)13)8-4-2-1-3-5-8/h6-8H,1-5H2. The van der Waals surface area contributed by atoms with Crippen LogP contribution in [-0.4, -0.2) is 4.98 Å². The zero-order chi connectivity index (χ0) is 9.97. The van der Waals surface area contributed by atoms with E-state index in [4.69, 9.17) is 0 Å². The van der Waals surface area contributed by atoms with Crippen molar-refractivity contribution >= 4 is 31.9 Å². The Bertz CT molecular complexity index is 319. The number of rotatable bonds is 1. The molecule has 0 saturated heterocycles. The normalized spacial score (nSPS) is 18.4. The molecule has 2 rings (SSSR count). The van der Waals surface area contributed by atoms with Crippen molar-refractivity contribution in [2.24, 2.45) is 0 Å². The first-order valence-corrected chi connectivity index (χ1v) is 6.67. The SMILES string of the molecule is Brc1cc(C2CCCCC2)cnc1Br. The Hall–Kier alpha value is 0.110. The molecule has 1 nitrogen and oxygen atoms in total. The van der Waals surface area contributed by atoms with E-state index in [0.29, 0.717) is 0 Å². The molecule has 0 N–H and O–H groups in total. The molecule has 0 atom stereocenters. The van der Waals surface area contributed by atoms with Gasteiger partial charge in [0.2, 0.25) is 0 Å². The Morgan fingerprint density at radius 3 is 2.50 bits per heavy atom. The molecule has 0 unspecified atom stereocenters. The molecule has 1 aliphatic rings. The third-order valence-corrected chi connectivity index (χ3v) is 4.66. The molecule has 0 bridgehead atoms. The molecule has 0 aromatic carbocycles. The van der Waals surface area contributed by atoms with Crippen LogP contribution < -0.4 is 0 Å². The van der Waals surface area contributed by atoms with Crippen molar-refractivity contribution in [3.63, 3.8) is 0 Å². The zero-order valence-electron chi connectivity index (χ0n) is 7.97. The minimum absolute atomic E-state index is 0.737. The summed E-state index contributed by atoms with van der Waals surface area (Å²) in [6, 6.07) is 2.20. The average molecular weight is 319 g/mol. The van der Waals surface area contributed by atoms with Crippen LogP contribution in [0.1, 0.15) is 43.6 Å². The van der Waals surface area contributed by atoms with E-state index in [1.807, 2.05) is 6.20 Å². The van der Waals surface area contributed by atoms with E-state index < -0.39 is 0 Å². The quantitative estimate of drug-likeness (QED) is 0.687. The highest BCUT2D eigenvalue weighted by Gasteiger charge is 2.16.